The highest BCUT2D eigenvalue weighted by Crippen LogP contribution is 2.30. The molecule has 1 heterocycles. The maximum atomic E-state index is 3.62. The van der Waals surface area contributed by atoms with E-state index in [1.54, 1.807) is 0 Å². The van der Waals surface area contributed by atoms with Crippen LogP contribution in [-0.2, 0) is 12.8 Å². The first-order chi connectivity index (χ1) is 8.85. The van der Waals surface area contributed by atoms with Crippen LogP contribution < -0.4 is 0 Å². The second kappa shape index (κ2) is 4.77. The molecule has 0 radical (unpaired) electrons. The van der Waals surface area contributed by atoms with Crippen molar-refractivity contribution >= 4 is 37.6 Å². The third-order valence-electron chi connectivity index (χ3n) is 3.59. The number of fused-ring (bicyclic) bond motifs is 3. The summed E-state index contributed by atoms with van der Waals surface area (Å²) in [6.45, 7) is 2.21. The van der Waals surface area contributed by atoms with E-state index in [0.29, 0.717) is 0 Å². The van der Waals surface area contributed by atoms with Crippen LogP contribution in [0.15, 0.2) is 36.4 Å². The Morgan fingerprint density at radius 2 is 1.89 bits per heavy atom. The molecular weight excluding hydrogens is 286 g/mol. The third kappa shape index (κ3) is 1.76. The molecule has 0 unspecified atom stereocenters. The highest BCUT2D eigenvalue weighted by molar-refractivity contribution is 9.09. The van der Waals surface area contributed by atoms with Gasteiger partial charge in [0.25, 0.3) is 0 Å². The largest absolute Gasteiger partial charge is 0.358 e. The lowest BCUT2D eigenvalue weighted by Crippen LogP contribution is -1.90. The molecule has 0 aliphatic heterocycles. The van der Waals surface area contributed by atoms with Crippen LogP contribution in [0.1, 0.15) is 18.2 Å². The van der Waals surface area contributed by atoms with Crippen molar-refractivity contribution in [3.8, 4) is 0 Å². The van der Waals surface area contributed by atoms with Crippen molar-refractivity contribution in [3.05, 3.63) is 47.7 Å². The van der Waals surface area contributed by atoms with E-state index >= 15 is 0 Å². The lowest BCUT2D eigenvalue weighted by Gasteiger charge is -2.01. The monoisotopic (exact) mass is 301 g/mol. The zero-order valence-corrected chi connectivity index (χ0v) is 12.0. The molecule has 0 amide bonds. The molecule has 2 aromatic carbocycles. The van der Waals surface area contributed by atoms with Crippen molar-refractivity contribution in [3.63, 3.8) is 0 Å². The van der Waals surface area contributed by atoms with E-state index in [9.17, 15) is 0 Å². The lowest BCUT2D eigenvalue weighted by atomic mass is 10.0. The summed E-state index contributed by atoms with van der Waals surface area (Å²) in [5.74, 6) is 0. The van der Waals surface area contributed by atoms with Crippen LogP contribution >= 0.6 is 15.9 Å². The Morgan fingerprint density at radius 3 is 2.67 bits per heavy atom. The molecule has 0 fully saturated rings. The summed E-state index contributed by atoms with van der Waals surface area (Å²) >= 11 is 3.56. The molecule has 0 atom stereocenters. The summed E-state index contributed by atoms with van der Waals surface area (Å²) in [5, 5.41) is 5.02. The number of H-pyrrole nitrogens is 1. The Labute approximate surface area is 115 Å². The van der Waals surface area contributed by atoms with Gasteiger partial charge >= 0.3 is 0 Å². The highest BCUT2D eigenvalue weighted by atomic mass is 79.9. The van der Waals surface area contributed by atoms with Gasteiger partial charge in [0.1, 0.15) is 0 Å². The van der Waals surface area contributed by atoms with E-state index in [2.05, 4.69) is 64.2 Å². The molecule has 3 rings (SSSR count). The van der Waals surface area contributed by atoms with Gasteiger partial charge in [-0.25, -0.2) is 0 Å². The van der Waals surface area contributed by atoms with Gasteiger partial charge in [-0.15, -0.1) is 0 Å². The Kier molecular flexibility index (Phi) is 3.13. The van der Waals surface area contributed by atoms with Gasteiger partial charge in [0.05, 0.1) is 5.52 Å². The number of aryl methyl sites for hydroxylation is 2. The minimum Gasteiger partial charge on any atom is -0.358 e. The average molecular weight is 302 g/mol. The molecule has 0 aliphatic carbocycles. The zero-order valence-electron chi connectivity index (χ0n) is 10.5. The van der Waals surface area contributed by atoms with Crippen LogP contribution in [0, 0.1) is 0 Å². The van der Waals surface area contributed by atoms with Crippen LogP contribution in [0.3, 0.4) is 0 Å². The first kappa shape index (κ1) is 11.8. The van der Waals surface area contributed by atoms with Crippen molar-refractivity contribution < 1.29 is 0 Å². The van der Waals surface area contributed by atoms with Crippen LogP contribution in [0.2, 0.25) is 0 Å². The fourth-order valence-electron chi connectivity index (χ4n) is 2.73. The Bertz CT molecular complexity index is 697. The Hall–Kier alpha value is -1.28. The summed E-state index contributed by atoms with van der Waals surface area (Å²) in [5.41, 5.74) is 4.14. The third-order valence-corrected chi connectivity index (χ3v) is 3.99. The predicted molar refractivity (Wildman–Crippen MR) is 82.7 cm³/mol. The van der Waals surface area contributed by atoms with Gasteiger partial charge in [-0.05, 0) is 23.8 Å². The zero-order chi connectivity index (χ0) is 12.5. The molecule has 0 saturated heterocycles. The van der Waals surface area contributed by atoms with Crippen LogP contribution in [0.5, 0.6) is 0 Å². The topological polar surface area (TPSA) is 15.8 Å². The smallest absolute Gasteiger partial charge is 0.0538 e. The summed E-state index contributed by atoms with van der Waals surface area (Å²) in [4.78, 5) is 3.62. The summed E-state index contributed by atoms with van der Waals surface area (Å²) < 4.78 is 0. The second-order valence-electron chi connectivity index (χ2n) is 4.58. The van der Waals surface area contributed by atoms with Gasteiger partial charge in [0.15, 0.2) is 0 Å². The maximum Gasteiger partial charge on any atom is 0.0538 e. The SMILES string of the molecule is CCc1[nH]c2c(ccc3ccccc32)c1CCBr. The molecule has 0 spiro atoms. The molecule has 18 heavy (non-hydrogen) atoms. The molecule has 1 nitrogen and oxygen atoms in total. The standard InChI is InChI=1S/C16H16BrN/c1-2-15-13(9-10-17)14-8-7-11-5-3-4-6-12(11)16(14)18-15/h3-8,18H,2,9-10H2,1H3. The first-order valence-electron chi connectivity index (χ1n) is 6.42. The Morgan fingerprint density at radius 1 is 1.06 bits per heavy atom. The molecule has 92 valence electrons. The predicted octanol–water partition coefficient (Wildman–Crippen LogP) is 4.82. The van der Waals surface area contributed by atoms with Crippen molar-refractivity contribution in [2.75, 3.05) is 5.33 Å². The van der Waals surface area contributed by atoms with Gasteiger partial charge in [0, 0.05) is 21.8 Å². The van der Waals surface area contributed by atoms with E-state index < -0.39 is 0 Å². The number of hydrogen-bond acceptors (Lipinski definition) is 0. The number of rotatable bonds is 3. The van der Waals surface area contributed by atoms with E-state index in [0.717, 1.165) is 18.2 Å². The maximum absolute atomic E-state index is 3.62. The second-order valence-corrected chi connectivity index (χ2v) is 5.38. The summed E-state index contributed by atoms with van der Waals surface area (Å²) in [6, 6.07) is 13.1. The number of benzene rings is 2. The molecule has 2 heteroatoms. The molecule has 0 aliphatic rings. The van der Waals surface area contributed by atoms with E-state index in [1.807, 2.05) is 0 Å². The van der Waals surface area contributed by atoms with E-state index in [1.165, 1.54) is 32.9 Å². The number of hydrogen-bond donors (Lipinski definition) is 1. The van der Waals surface area contributed by atoms with Gasteiger partial charge < -0.3 is 4.98 Å². The van der Waals surface area contributed by atoms with Gasteiger partial charge in [-0.3, -0.25) is 0 Å². The van der Waals surface area contributed by atoms with E-state index in [-0.39, 0.29) is 0 Å². The molecule has 3 aromatic rings. The van der Waals surface area contributed by atoms with Crippen molar-refractivity contribution in [1.82, 2.24) is 4.98 Å². The first-order valence-corrected chi connectivity index (χ1v) is 7.54. The molecular formula is C16H16BrN. The number of aromatic nitrogens is 1. The van der Waals surface area contributed by atoms with Crippen molar-refractivity contribution in [2.24, 2.45) is 0 Å². The van der Waals surface area contributed by atoms with E-state index in [4.69, 9.17) is 0 Å². The van der Waals surface area contributed by atoms with Crippen LogP contribution in [0.4, 0.5) is 0 Å². The van der Waals surface area contributed by atoms with Gasteiger partial charge in [0.2, 0.25) is 0 Å². The van der Waals surface area contributed by atoms with Crippen LogP contribution in [0.25, 0.3) is 21.7 Å². The highest BCUT2D eigenvalue weighted by Gasteiger charge is 2.11. The van der Waals surface area contributed by atoms with Crippen molar-refractivity contribution in [1.29, 1.82) is 0 Å². The molecule has 1 N–H and O–H groups in total. The van der Waals surface area contributed by atoms with Crippen molar-refractivity contribution in [2.45, 2.75) is 19.8 Å². The normalized spacial score (nSPS) is 11.4. The average Bonchev–Trinajstić information content (AvgIpc) is 2.78. The molecule has 0 saturated carbocycles. The fraction of sp³-hybridized carbons (Fsp3) is 0.250. The minimum atomic E-state index is 1.01. The lowest BCUT2D eigenvalue weighted by molar-refractivity contribution is 1.02. The Balaban J connectivity index is 2.38. The number of nitrogens with one attached hydrogen (secondary N) is 1. The van der Waals surface area contributed by atoms with Gasteiger partial charge in [-0.1, -0.05) is 59.3 Å². The summed E-state index contributed by atoms with van der Waals surface area (Å²) in [7, 11) is 0. The minimum absolute atomic E-state index is 1.01. The van der Waals surface area contributed by atoms with Crippen LogP contribution in [-0.4, -0.2) is 10.3 Å². The number of aromatic amines is 1. The number of halogens is 1. The fourth-order valence-corrected chi connectivity index (χ4v) is 3.12. The molecule has 0 bridgehead atoms. The quantitative estimate of drug-likeness (QED) is 0.668. The molecule has 1 aromatic heterocycles. The van der Waals surface area contributed by atoms with Gasteiger partial charge in [-0.2, -0.15) is 0 Å². The summed E-state index contributed by atoms with van der Waals surface area (Å²) in [6.07, 6.45) is 2.15. The number of alkyl halides is 1.